The van der Waals surface area contributed by atoms with Crippen LogP contribution in [0.3, 0.4) is 0 Å². The van der Waals surface area contributed by atoms with Gasteiger partial charge in [0, 0.05) is 24.8 Å². The fraction of sp³-hybridized carbons (Fsp3) is 0.562. The molecule has 4 heteroatoms. The molecule has 108 valence electrons. The molecule has 0 radical (unpaired) electrons. The highest BCUT2D eigenvalue weighted by molar-refractivity contribution is 5.80. The van der Waals surface area contributed by atoms with Gasteiger partial charge in [0.2, 0.25) is 0 Å². The van der Waals surface area contributed by atoms with Crippen LogP contribution in [-0.2, 0) is 4.74 Å². The predicted octanol–water partition coefficient (Wildman–Crippen LogP) is 3.48. The number of imidazole rings is 1. The molecule has 0 aliphatic heterocycles. The van der Waals surface area contributed by atoms with Crippen LogP contribution in [0.5, 0.6) is 0 Å². The zero-order valence-electron chi connectivity index (χ0n) is 12.5. The first-order valence-corrected chi connectivity index (χ1v) is 7.40. The van der Waals surface area contributed by atoms with Gasteiger partial charge in [-0.1, -0.05) is 13.8 Å². The van der Waals surface area contributed by atoms with Crippen LogP contribution in [0.4, 0.5) is 5.69 Å². The summed E-state index contributed by atoms with van der Waals surface area (Å²) in [6.45, 7) is 4.40. The van der Waals surface area contributed by atoms with Gasteiger partial charge in [0.25, 0.3) is 0 Å². The molecule has 0 spiro atoms. The molecule has 1 aromatic heterocycles. The fourth-order valence-corrected chi connectivity index (χ4v) is 3.29. The molecule has 0 saturated heterocycles. The van der Waals surface area contributed by atoms with Crippen LogP contribution in [0.1, 0.15) is 50.9 Å². The van der Waals surface area contributed by atoms with E-state index in [9.17, 15) is 0 Å². The molecule has 0 amide bonds. The van der Waals surface area contributed by atoms with E-state index in [4.69, 9.17) is 15.5 Å². The van der Waals surface area contributed by atoms with E-state index < -0.39 is 0 Å². The molecule has 1 aliphatic carbocycles. The number of nitrogens with zero attached hydrogens (tertiary/aromatic N) is 2. The lowest BCUT2D eigenvalue weighted by molar-refractivity contribution is 0.106. The monoisotopic (exact) mass is 273 g/mol. The maximum absolute atomic E-state index is 5.89. The molecule has 2 atom stereocenters. The summed E-state index contributed by atoms with van der Waals surface area (Å²) in [6.07, 6.45) is 3.75. The van der Waals surface area contributed by atoms with Crippen molar-refractivity contribution in [3.05, 3.63) is 24.0 Å². The number of anilines is 1. The van der Waals surface area contributed by atoms with E-state index in [-0.39, 0.29) is 0 Å². The number of hydrogen-bond donors (Lipinski definition) is 1. The molecule has 4 nitrogen and oxygen atoms in total. The van der Waals surface area contributed by atoms with E-state index in [1.54, 1.807) is 0 Å². The average molecular weight is 273 g/mol. The second kappa shape index (κ2) is 5.09. The third-order valence-electron chi connectivity index (χ3n) is 4.31. The van der Waals surface area contributed by atoms with E-state index in [1.807, 2.05) is 19.2 Å². The molecule has 1 aromatic carbocycles. The Morgan fingerprint density at radius 2 is 2.15 bits per heavy atom. The summed E-state index contributed by atoms with van der Waals surface area (Å²) in [5.74, 6) is 1.57. The summed E-state index contributed by atoms with van der Waals surface area (Å²) in [7, 11) is 1.81. The maximum Gasteiger partial charge on any atom is 0.112 e. The standard InChI is InChI=1S/C16H23N3O/c1-10(2)16-18-14-8-11(17)4-7-15(14)19(16)12-5-6-13(9-12)20-3/h4,7-8,10,12-13H,5-6,9,17H2,1-3H3. The number of hydrogen-bond acceptors (Lipinski definition) is 3. The Balaban J connectivity index is 2.10. The zero-order chi connectivity index (χ0) is 14.3. The Bertz CT molecular complexity index is 617. The normalized spacial score (nSPS) is 23.0. The van der Waals surface area contributed by atoms with Crippen molar-refractivity contribution >= 4 is 16.7 Å². The Labute approximate surface area is 119 Å². The largest absolute Gasteiger partial charge is 0.399 e. The molecule has 2 aromatic rings. The predicted molar refractivity (Wildman–Crippen MR) is 81.9 cm³/mol. The summed E-state index contributed by atoms with van der Waals surface area (Å²) in [4.78, 5) is 4.81. The van der Waals surface area contributed by atoms with E-state index in [1.165, 1.54) is 5.52 Å². The van der Waals surface area contributed by atoms with Crippen LogP contribution in [0.25, 0.3) is 11.0 Å². The minimum atomic E-state index is 0.381. The van der Waals surface area contributed by atoms with Crippen molar-refractivity contribution in [3.63, 3.8) is 0 Å². The van der Waals surface area contributed by atoms with Crippen molar-refractivity contribution in [2.75, 3.05) is 12.8 Å². The number of nitrogens with two attached hydrogens (primary N) is 1. The molecule has 1 fully saturated rings. The summed E-state index contributed by atoms with van der Waals surface area (Å²) >= 11 is 0. The highest BCUT2D eigenvalue weighted by Gasteiger charge is 2.29. The molecule has 2 N–H and O–H groups in total. The zero-order valence-corrected chi connectivity index (χ0v) is 12.5. The molecular formula is C16H23N3O. The lowest BCUT2D eigenvalue weighted by atomic mass is 10.1. The summed E-state index contributed by atoms with van der Waals surface area (Å²) in [5, 5.41) is 0. The molecule has 0 bridgehead atoms. The summed E-state index contributed by atoms with van der Waals surface area (Å²) in [5.41, 5.74) is 8.87. The first-order chi connectivity index (χ1) is 9.60. The smallest absolute Gasteiger partial charge is 0.112 e. The fourth-order valence-electron chi connectivity index (χ4n) is 3.29. The van der Waals surface area contributed by atoms with Crippen molar-refractivity contribution in [1.82, 2.24) is 9.55 Å². The Morgan fingerprint density at radius 3 is 2.80 bits per heavy atom. The molecule has 1 aliphatic rings. The number of benzene rings is 1. The SMILES string of the molecule is COC1CCC(n2c(C(C)C)nc3cc(N)ccc32)C1. The summed E-state index contributed by atoms with van der Waals surface area (Å²) in [6, 6.07) is 6.53. The number of rotatable bonds is 3. The van der Waals surface area contributed by atoms with Crippen molar-refractivity contribution in [3.8, 4) is 0 Å². The van der Waals surface area contributed by atoms with Gasteiger partial charge in [-0.05, 0) is 37.5 Å². The van der Waals surface area contributed by atoms with Crippen molar-refractivity contribution < 1.29 is 4.74 Å². The lowest BCUT2D eigenvalue weighted by Crippen LogP contribution is -2.12. The van der Waals surface area contributed by atoms with Gasteiger partial charge in [-0.2, -0.15) is 0 Å². The topological polar surface area (TPSA) is 53.1 Å². The van der Waals surface area contributed by atoms with E-state index in [0.29, 0.717) is 18.1 Å². The first-order valence-electron chi connectivity index (χ1n) is 7.40. The van der Waals surface area contributed by atoms with Gasteiger partial charge in [0.1, 0.15) is 5.82 Å². The molecule has 3 rings (SSSR count). The number of methoxy groups -OCH3 is 1. The lowest BCUT2D eigenvalue weighted by Gasteiger charge is -2.18. The highest BCUT2D eigenvalue weighted by Crippen LogP contribution is 2.37. The van der Waals surface area contributed by atoms with Gasteiger partial charge in [-0.15, -0.1) is 0 Å². The van der Waals surface area contributed by atoms with Crippen LogP contribution in [0, 0.1) is 0 Å². The molecule has 1 saturated carbocycles. The van der Waals surface area contributed by atoms with E-state index in [0.717, 1.165) is 36.3 Å². The van der Waals surface area contributed by atoms with Crippen LogP contribution in [0.15, 0.2) is 18.2 Å². The van der Waals surface area contributed by atoms with Gasteiger partial charge < -0.3 is 15.0 Å². The van der Waals surface area contributed by atoms with Crippen LogP contribution >= 0.6 is 0 Å². The second-order valence-electron chi connectivity index (χ2n) is 6.07. The maximum atomic E-state index is 5.89. The average Bonchev–Trinajstić information content (AvgIpc) is 3.00. The molecule has 1 heterocycles. The van der Waals surface area contributed by atoms with Gasteiger partial charge >= 0.3 is 0 Å². The van der Waals surface area contributed by atoms with Crippen molar-refractivity contribution in [2.24, 2.45) is 0 Å². The van der Waals surface area contributed by atoms with Crippen molar-refractivity contribution in [2.45, 2.75) is 51.2 Å². The third kappa shape index (κ3) is 2.18. The quantitative estimate of drug-likeness (QED) is 0.871. The minimum absolute atomic E-state index is 0.381. The highest BCUT2D eigenvalue weighted by atomic mass is 16.5. The summed E-state index contributed by atoms with van der Waals surface area (Å²) < 4.78 is 7.93. The number of fused-ring (bicyclic) bond motifs is 1. The molecule has 20 heavy (non-hydrogen) atoms. The first kappa shape index (κ1) is 13.4. The van der Waals surface area contributed by atoms with Crippen LogP contribution < -0.4 is 5.73 Å². The van der Waals surface area contributed by atoms with Gasteiger partial charge in [-0.25, -0.2) is 4.98 Å². The van der Waals surface area contributed by atoms with Gasteiger partial charge in [-0.3, -0.25) is 0 Å². The van der Waals surface area contributed by atoms with E-state index in [2.05, 4.69) is 24.5 Å². The number of nitrogen functional groups attached to an aromatic ring is 1. The molecular weight excluding hydrogens is 250 g/mol. The van der Waals surface area contributed by atoms with E-state index >= 15 is 0 Å². The van der Waals surface area contributed by atoms with Crippen LogP contribution in [0.2, 0.25) is 0 Å². The number of ether oxygens (including phenoxy) is 1. The molecule has 2 unspecified atom stereocenters. The number of aromatic nitrogens is 2. The van der Waals surface area contributed by atoms with Gasteiger partial charge in [0.15, 0.2) is 0 Å². The second-order valence-corrected chi connectivity index (χ2v) is 6.07. The van der Waals surface area contributed by atoms with Crippen LogP contribution in [-0.4, -0.2) is 22.8 Å². The Hall–Kier alpha value is -1.55. The van der Waals surface area contributed by atoms with Gasteiger partial charge in [0.05, 0.1) is 17.1 Å². The Kier molecular flexibility index (Phi) is 3.42. The van der Waals surface area contributed by atoms with Crippen molar-refractivity contribution in [1.29, 1.82) is 0 Å². The third-order valence-corrected chi connectivity index (χ3v) is 4.31. The Morgan fingerprint density at radius 1 is 1.35 bits per heavy atom. The minimum Gasteiger partial charge on any atom is -0.399 e.